The second kappa shape index (κ2) is 1.57. The molecule has 0 aliphatic carbocycles. The Labute approximate surface area is 44.4 Å². The van der Waals surface area contributed by atoms with Gasteiger partial charge >= 0.3 is 0 Å². The summed E-state index contributed by atoms with van der Waals surface area (Å²) >= 11 is 0. The first-order chi connectivity index (χ1) is 3.30. The lowest BCUT2D eigenvalue weighted by Crippen LogP contribution is -2.03. The van der Waals surface area contributed by atoms with Gasteiger partial charge in [-0.1, -0.05) is 13.5 Å². The first-order valence-corrected chi connectivity index (χ1v) is 2.73. The second-order valence-corrected chi connectivity index (χ2v) is 2.14. The zero-order chi connectivity index (χ0) is 5.28. The minimum atomic E-state index is 0.708. The Morgan fingerprint density at radius 3 is 2.71 bits per heavy atom. The van der Waals surface area contributed by atoms with Crippen LogP contribution in [-0.2, 0) is 0 Å². The van der Waals surface area contributed by atoms with Gasteiger partial charge in [-0.05, 0) is 12.3 Å². The fourth-order valence-corrected chi connectivity index (χ4v) is 0.798. The Hall–Kier alpha value is -0.460. The van der Waals surface area contributed by atoms with Crippen molar-refractivity contribution in [2.75, 3.05) is 6.54 Å². The van der Waals surface area contributed by atoms with Crippen LogP contribution in [-0.4, -0.2) is 6.54 Å². The van der Waals surface area contributed by atoms with Gasteiger partial charge < -0.3 is 5.32 Å². The Bertz CT molecular complexity index is 86.2. The first kappa shape index (κ1) is 4.69. The molecular formula is C6H11N. The quantitative estimate of drug-likeness (QED) is 0.477. The van der Waals surface area contributed by atoms with Gasteiger partial charge in [0.1, 0.15) is 0 Å². The molecule has 1 aliphatic rings. The van der Waals surface area contributed by atoms with Crippen LogP contribution in [0.1, 0.15) is 13.3 Å². The van der Waals surface area contributed by atoms with E-state index in [2.05, 4.69) is 18.8 Å². The summed E-state index contributed by atoms with van der Waals surface area (Å²) in [7, 11) is 0. The average Bonchev–Trinajstić information content (AvgIpc) is 1.91. The summed E-state index contributed by atoms with van der Waals surface area (Å²) < 4.78 is 0. The summed E-state index contributed by atoms with van der Waals surface area (Å²) in [5.41, 5.74) is 1.21. The van der Waals surface area contributed by atoms with E-state index < -0.39 is 0 Å². The molecule has 1 N–H and O–H groups in total. The van der Waals surface area contributed by atoms with Crippen LogP contribution in [0.4, 0.5) is 0 Å². The highest BCUT2D eigenvalue weighted by Gasteiger charge is 2.11. The minimum absolute atomic E-state index is 0.708. The second-order valence-electron chi connectivity index (χ2n) is 2.14. The number of hydrogen-bond acceptors (Lipinski definition) is 1. The van der Waals surface area contributed by atoms with Crippen LogP contribution in [0.25, 0.3) is 0 Å². The van der Waals surface area contributed by atoms with Gasteiger partial charge in [0.25, 0.3) is 0 Å². The lowest BCUT2D eigenvalue weighted by molar-refractivity contribution is 0.719. The van der Waals surface area contributed by atoms with E-state index in [1.807, 2.05) is 0 Å². The summed E-state index contributed by atoms with van der Waals surface area (Å²) in [5.74, 6) is 0.708. The molecule has 1 rings (SSSR count). The van der Waals surface area contributed by atoms with Gasteiger partial charge in [0.15, 0.2) is 0 Å². The minimum Gasteiger partial charge on any atom is -0.389 e. The third kappa shape index (κ3) is 0.763. The van der Waals surface area contributed by atoms with Crippen molar-refractivity contribution in [3.05, 3.63) is 12.3 Å². The largest absolute Gasteiger partial charge is 0.389 e. The number of allylic oxidation sites excluding steroid dienone is 1. The predicted molar refractivity (Wildman–Crippen MR) is 30.9 cm³/mol. The predicted octanol–water partition coefficient (Wildman–Crippen LogP) is 1.13. The maximum Gasteiger partial charge on any atom is 0.0150 e. The molecule has 0 radical (unpaired) electrons. The Morgan fingerprint density at radius 2 is 2.57 bits per heavy atom. The van der Waals surface area contributed by atoms with E-state index in [0.29, 0.717) is 5.92 Å². The molecule has 0 saturated carbocycles. The van der Waals surface area contributed by atoms with Gasteiger partial charge in [0.05, 0.1) is 0 Å². The Kier molecular flexibility index (Phi) is 1.05. The molecule has 7 heavy (non-hydrogen) atoms. The molecule has 0 aromatic rings. The van der Waals surface area contributed by atoms with Crippen LogP contribution in [0.3, 0.4) is 0 Å². The van der Waals surface area contributed by atoms with Gasteiger partial charge in [-0.25, -0.2) is 0 Å². The van der Waals surface area contributed by atoms with Crippen LogP contribution in [0, 0.1) is 5.92 Å². The van der Waals surface area contributed by atoms with E-state index in [1.165, 1.54) is 12.1 Å². The molecule has 1 heterocycles. The number of rotatable bonds is 0. The summed E-state index contributed by atoms with van der Waals surface area (Å²) in [4.78, 5) is 0. The highest BCUT2D eigenvalue weighted by molar-refractivity contribution is 5.01. The highest BCUT2D eigenvalue weighted by atomic mass is 14.9. The maximum atomic E-state index is 3.82. The van der Waals surface area contributed by atoms with Gasteiger partial charge in [0, 0.05) is 12.2 Å². The summed E-state index contributed by atoms with van der Waals surface area (Å²) in [6, 6.07) is 0. The third-order valence-electron chi connectivity index (χ3n) is 1.52. The SMILES string of the molecule is C=C1NCC[C@H]1C. The van der Waals surface area contributed by atoms with Crippen LogP contribution in [0.5, 0.6) is 0 Å². The number of hydrogen-bond donors (Lipinski definition) is 1. The van der Waals surface area contributed by atoms with Crippen molar-refractivity contribution in [3.63, 3.8) is 0 Å². The fourth-order valence-electron chi connectivity index (χ4n) is 0.798. The molecule has 1 atom stereocenters. The molecule has 0 amide bonds. The molecule has 1 saturated heterocycles. The average molecular weight is 97.2 g/mol. The van der Waals surface area contributed by atoms with Crippen molar-refractivity contribution < 1.29 is 0 Å². The smallest absolute Gasteiger partial charge is 0.0150 e. The van der Waals surface area contributed by atoms with Crippen LogP contribution >= 0.6 is 0 Å². The number of nitrogens with one attached hydrogen (secondary N) is 1. The van der Waals surface area contributed by atoms with E-state index >= 15 is 0 Å². The third-order valence-corrected chi connectivity index (χ3v) is 1.52. The zero-order valence-corrected chi connectivity index (χ0v) is 4.70. The molecule has 0 unspecified atom stereocenters. The van der Waals surface area contributed by atoms with Gasteiger partial charge in [-0.15, -0.1) is 0 Å². The summed E-state index contributed by atoms with van der Waals surface area (Å²) in [6.45, 7) is 7.15. The van der Waals surface area contributed by atoms with E-state index in [0.717, 1.165) is 6.54 Å². The van der Waals surface area contributed by atoms with Gasteiger partial charge in [0.2, 0.25) is 0 Å². The fraction of sp³-hybridized carbons (Fsp3) is 0.667. The van der Waals surface area contributed by atoms with Crippen molar-refractivity contribution in [1.29, 1.82) is 0 Å². The monoisotopic (exact) mass is 97.1 g/mol. The van der Waals surface area contributed by atoms with Crippen molar-refractivity contribution >= 4 is 0 Å². The van der Waals surface area contributed by atoms with Crippen molar-refractivity contribution in [3.8, 4) is 0 Å². The lowest BCUT2D eigenvalue weighted by Gasteiger charge is -1.97. The van der Waals surface area contributed by atoms with Crippen LogP contribution in [0.15, 0.2) is 12.3 Å². The van der Waals surface area contributed by atoms with E-state index in [9.17, 15) is 0 Å². The molecule has 40 valence electrons. The van der Waals surface area contributed by atoms with Gasteiger partial charge in [-0.3, -0.25) is 0 Å². The van der Waals surface area contributed by atoms with Gasteiger partial charge in [-0.2, -0.15) is 0 Å². The van der Waals surface area contributed by atoms with E-state index in [1.54, 1.807) is 0 Å². The molecule has 0 aromatic heterocycles. The summed E-state index contributed by atoms with van der Waals surface area (Å²) in [5, 5.41) is 3.17. The Balaban J connectivity index is 2.48. The topological polar surface area (TPSA) is 12.0 Å². The molecular weight excluding hydrogens is 86.1 g/mol. The molecule has 0 spiro atoms. The first-order valence-electron chi connectivity index (χ1n) is 2.73. The van der Waals surface area contributed by atoms with Crippen LogP contribution < -0.4 is 5.32 Å². The van der Waals surface area contributed by atoms with Crippen molar-refractivity contribution in [2.45, 2.75) is 13.3 Å². The normalized spacial score (nSPS) is 30.4. The molecule has 1 heteroatoms. The molecule has 1 aliphatic heterocycles. The lowest BCUT2D eigenvalue weighted by atomic mass is 10.1. The van der Waals surface area contributed by atoms with Crippen molar-refractivity contribution in [1.82, 2.24) is 5.32 Å². The van der Waals surface area contributed by atoms with Crippen LogP contribution in [0.2, 0.25) is 0 Å². The molecule has 1 fully saturated rings. The molecule has 1 nitrogen and oxygen atoms in total. The molecule has 0 aromatic carbocycles. The maximum absolute atomic E-state index is 3.82. The Morgan fingerprint density at radius 1 is 1.86 bits per heavy atom. The standard InChI is InChI=1S/C6H11N/c1-5-3-4-7-6(5)2/h5,7H,2-4H2,1H3/t5-/m1/s1. The zero-order valence-electron chi connectivity index (χ0n) is 4.70. The van der Waals surface area contributed by atoms with E-state index in [-0.39, 0.29) is 0 Å². The molecule has 0 bridgehead atoms. The highest BCUT2D eigenvalue weighted by Crippen LogP contribution is 2.14. The summed E-state index contributed by atoms with van der Waals surface area (Å²) in [6.07, 6.45) is 1.26. The van der Waals surface area contributed by atoms with E-state index in [4.69, 9.17) is 0 Å². The van der Waals surface area contributed by atoms with Crippen molar-refractivity contribution in [2.24, 2.45) is 5.92 Å².